The summed E-state index contributed by atoms with van der Waals surface area (Å²) in [6.45, 7) is 0. The van der Waals surface area contributed by atoms with Gasteiger partial charge in [0, 0.05) is 5.56 Å². The first-order valence-corrected chi connectivity index (χ1v) is 6.08. The molecule has 0 radical (unpaired) electrons. The Labute approximate surface area is 110 Å². The zero-order valence-electron chi connectivity index (χ0n) is 8.40. The van der Waals surface area contributed by atoms with Crippen LogP contribution >= 0.6 is 35.8 Å². The van der Waals surface area contributed by atoms with Crippen LogP contribution < -0.4 is 5.73 Å². The summed E-state index contributed by atoms with van der Waals surface area (Å²) in [5.41, 5.74) is 6.26. The zero-order valence-corrected chi connectivity index (χ0v) is 10.8. The molecule has 0 amide bonds. The monoisotopic (exact) mass is 281 g/mol. The number of benzene rings is 1. The second-order valence-electron chi connectivity index (χ2n) is 3.40. The summed E-state index contributed by atoms with van der Waals surface area (Å²) in [6, 6.07) is 3.09. The highest BCUT2D eigenvalue weighted by Gasteiger charge is 2.21. The van der Waals surface area contributed by atoms with Crippen molar-refractivity contribution in [2.45, 2.75) is 18.6 Å². The third-order valence-corrected chi connectivity index (χ3v) is 3.42. The van der Waals surface area contributed by atoms with Gasteiger partial charge in [-0.3, -0.25) is 0 Å². The van der Waals surface area contributed by atoms with Crippen LogP contribution in [0.5, 0.6) is 0 Å². The Morgan fingerprint density at radius 3 is 2.44 bits per heavy atom. The Hall–Kier alpha value is -0.130. The number of nitrogen functional groups attached to an aromatic ring is 1. The first-order valence-electron chi connectivity index (χ1n) is 4.69. The first-order chi connectivity index (χ1) is 7.49. The summed E-state index contributed by atoms with van der Waals surface area (Å²) in [5, 5.41) is 19.8. The molecule has 0 heterocycles. The Morgan fingerprint density at radius 1 is 1.25 bits per heavy atom. The summed E-state index contributed by atoms with van der Waals surface area (Å²) < 4.78 is 0. The first kappa shape index (κ1) is 13.9. The van der Waals surface area contributed by atoms with Gasteiger partial charge in [-0.15, -0.1) is 0 Å². The minimum atomic E-state index is -1.09. The Balaban J connectivity index is 3.00. The highest BCUT2D eigenvalue weighted by atomic mass is 35.5. The summed E-state index contributed by atoms with van der Waals surface area (Å²) in [7, 11) is 0. The van der Waals surface area contributed by atoms with Crippen molar-refractivity contribution in [1.82, 2.24) is 0 Å². The molecule has 0 aliphatic rings. The third-order valence-electron chi connectivity index (χ3n) is 2.25. The minimum absolute atomic E-state index is 0.174. The van der Waals surface area contributed by atoms with Crippen LogP contribution in [0, 0.1) is 0 Å². The van der Waals surface area contributed by atoms with E-state index in [1.54, 1.807) is 12.1 Å². The van der Waals surface area contributed by atoms with Crippen molar-refractivity contribution in [2.75, 3.05) is 11.5 Å². The van der Waals surface area contributed by atoms with E-state index in [0.29, 0.717) is 23.4 Å². The van der Waals surface area contributed by atoms with Gasteiger partial charge >= 0.3 is 0 Å². The van der Waals surface area contributed by atoms with Crippen molar-refractivity contribution in [3.05, 3.63) is 27.7 Å². The van der Waals surface area contributed by atoms with Crippen molar-refractivity contribution in [1.29, 1.82) is 0 Å². The number of halogens is 2. The smallest absolute Gasteiger partial charge is 0.106 e. The minimum Gasteiger partial charge on any atom is -0.397 e. The number of nitrogens with two attached hydrogens (primary N) is 1. The summed E-state index contributed by atoms with van der Waals surface area (Å²) in [4.78, 5) is 0. The van der Waals surface area contributed by atoms with Crippen molar-refractivity contribution in [2.24, 2.45) is 0 Å². The van der Waals surface area contributed by atoms with Crippen LogP contribution in [0.25, 0.3) is 0 Å². The maximum absolute atomic E-state index is 9.85. The van der Waals surface area contributed by atoms with Crippen molar-refractivity contribution in [3.63, 3.8) is 0 Å². The number of thiol groups is 1. The fourth-order valence-electron chi connectivity index (χ4n) is 1.31. The molecule has 0 fully saturated rings. The molecular formula is C10H13Cl2NO2S. The molecule has 0 spiro atoms. The van der Waals surface area contributed by atoms with E-state index in [0.717, 1.165) is 0 Å². The molecule has 0 aromatic heterocycles. The van der Waals surface area contributed by atoms with Gasteiger partial charge in [0.15, 0.2) is 0 Å². The highest BCUT2D eigenvalue weighted by Crippen LogP contribution is 2.35. The highest BCUT2D eigenvalue weighted by molar-refractivity contribution is 7.80. The summed E-state index contributed by atoms with van der Waals surface area (Å²) in [5.74, 6) is 0.471. The molecule has 6 heteroatoms. The second-order valence-corrected chi connectivity index (χ2v) is 4.60. The van der Waals surface area contributed by atoms with Gasteiger partial charge in [-0.25, -0.2) is 0 Å². The molecule has 0 bridgehead atoms. The summed E-state index contributed by atoms with van der Waals surface area (Å²) >= 11 is 15.8. The van der Waals surface area contributed by atoms with E-state index >= 15 is 0 Å². The molecule has 3 nitrogen and oxygen atoms in total. The van der Waals surface area contributed by atoms with Gasteiger partial charge in [-0.2, -0.15) is 12.6 Å². The van der Waals surface area contributed by atoms with Gasteiger partial charge in [-0.1, -0.05) is 29.3 Å². The molecule has 16 heavy (non-hydrogen) atoms. The molecule has 0 saturated heterocycles. The number of aliphatic hydroxyl groups is 2. The lowest BCUT2D eigenvalue weighted by atomic mass is 10.0. The van der Waals surface area contributed by atoms with Crippen molar-refractivity contribution >= 4 is 41.5 Å². The van der Waals surface area contributed by atoms with Crippen LogP contribution in [0.3, 0.4) is 0 Å². The van der Waals surface area contributed by atoms with Gasteiger partial charge in [0.1, 0.15) is 6.10 Å². The number of aliphatic hydroxyl groups excluding tert-OH is 2. The second kappa shape index (κ2) is 5.98. The number of hydrogen-bond acceptors (Lipinski definition) is 4. The van der Waals surface area contributed by atoms with Crippen LogP contribution in [-0.2, 0) is 0 Å². The van der Waals surface area contributed by atoms with Crippen LogP contribution in [-0.4, -0.2) is 22.1 Å². The van der Waals surface area contributed by atoms with Crippen molar-refractivity contribution < 1.29 is 10.2 Å². The van der Waals surface area contributed by atoms with Crippen LogP contribution in [0.15, 0.2) is 12.1 Å². The Kier molecular flexibility index (Phi) is 5.21. The maximum atomic E-state index is 9.85. The number of anilines is 1. The fourth-order valence-corrected chi connectivity index (χ4v) is 2.03. The lowest BCUT2D eigenvalue weighted by molar-refractivity contribution is 0.0173. The molecule has 0 aliphatic heterocycles. The van der Waals surface area contributed by atoms with Crippen LogP contribution in [0.4, 0.5) is 5.69 Å². The average Bonchev–Trinajstić information content (AvgIpc) is 2.26. The average molecular weight is 282 g/mol. The standard InChI is InChI=1S/C10H13Cl2NO2S/c11-8-5(1-2-6(13)9(8)12)10(15)7(14)3-4-16/h1-2,7,10,14-16H,3-4,13H2. The van der Waals surface area contributed by atoms with Gasteiger partial charge in [-0.05, 0) is 18.2 Å². The lowest BCUT2D eigenvalue weighted by Crippen LogP contribution is -2.19. The predicted molar refractivity (Wildman–Crippen MR) is 70.3 cm³/mol. The fraction of sp³-hybridized carbons (Fsp3) is 0.400. The number of rotatable bonds is 4. The Morgan fingerprint density at radius 2 is 1.88 bits per heavy atom. The molecule has 90 valence electrons. The topological polar surface area (TPSA) is 66.5 Å². The summed E-state index contributed by atoms with van der Waals surface area (Å²) in [6.07, 6.45) is -1.64. The molecule has 0 aliphatic carbocycles. The molecule has 0 saturated carbocycles. The molecule has 2 unspecified atom stereocenters. The van der Waals surface area contributed by atoms with E-state index in [1.165, 1.54) is 0 Å². The SMILES string of the molecule is Nc1ccc(C(O)C(O)CCS)c(Cl)c1Cl. The van der Waals surface area contributed by atoms with Gasteiger partial charge in [0.2, 0.25) is 0 Å². The molecule has 1 aromatic carbocycles. The molecule has 2 atom stereocenters. The van der Waals surface area contributed by atoms with E-state index in [-0.39, 0.29) is 10.0 Å². The third kappa shape index (κ3) is 2.96. The number of hydrogen-bond donors (Lipinski definition) is 4. The molecule has 1 rings (SSSR count). The predicted octanol–water partition coefficient (Wildman–Crippen LogP) is 2.29. The van der Waals surface area contributed by atoms with E-state index in [9.17, 15) is 10.2 Å². The van der Waals surface area contributed by atoms with E-state index in [1.807, 2.05) is 0 Å². The van der Waals surface area contributed by atoms with Crippen LogP contribution in [0.2, 0.25) is 10.0 Å². The lowest BCUT2D eigenvalue weighted by Gasteiger charge is -2.19. The Bertz CT molecular complexity index is 376. The maximum Gasteiger partial charge on any atom is 0.106 e. The zero-order chi connectivity index (χ0) is 12.3. The van der Waals surface area contributed by atoms with E-state index in [2.05, 4.69) is 12.6 Å². The normalized spacial score (nSPS) is 14.8. The van der Waals surface area contributed by atoms with E-state index in [4.69, 9.17) is 28.9 Å². The van der Waals surface area contributed by atoms with Gasteiger partial charge in [0.25, 0.3) is 0 Å². The molecular weight excluding hydrogens is 269 g/mol. The van der Waals surface area contributed by atoms with Crippen LogP contribution in [0.1, 0.15) is 18.1 Å². The van der Waals surface area contributed by atoms with Crippen molar-refractivity contribution in [3.8, 4) is 0 Å². The van der Waals surface area contributed by atoms with Gasteiger partial charge in [0.05, 0.1) is 21.8 Å². The van der Waals surface area contributed by atoms with E-state index < -0.39 is 12.2 Å². The quantitative estimate of drug-likeness (QED) is 0.506. The molecule has 4 N–H and O–H groups in total. The molecule has 1 aromatic rings. The van der Waals surface area contributed by atoms with Gasteiger partial charge < -0.3 is 15.9 Å². The largest absolute Gasteiger partial charge is 0.397 e.